The van der Waals surface area contributed by atoms with Crippen molar-refractivity contribution in [2.45, 2.75) is 31.7 Å². The van der Waals surface area contributed by atoms with E-state index < -0.39 is 0 Å². The number of nitrogens with one attached hydrogen (secondary N) is 1. The summed E-state index contributed by atoms with van der Waals surface area (Å²) in [5.74, 6) is 1.04. The molecule has 0 aromatic heterocycles. The number of amides is 1. The molecule has 0 radical (unpaired) electrons. The second kappa shape index (κ2) is 4.94. The van der Waals surface area contributed by atoms with E-state index in [1.165, 1.54) is 6.42 Å². The zero-order valence-corrected chi connectivity index (χ0v) is 9.08. The van der Waals surface area contributed by atoms with Crippen LogP contribution < -0.4 is 11.1 Å². The highest BCUT2D eigenvalue weighted by atomic mass is 16.5. The highest BCUT2D eigenvalue weighted by Gasteiger charge is 2.31. The van der Waals surface area contributed by atoms with Crippen molar-refractivity contribution < 1.29 is 9.53 Å². The molecule has 2 fully saturated rings. The molecule has 2 rings (SSSR count). The van der Waals surface area contributed by atoms with Crippen LogP contribution in [0.3, 0.4) is 0 Å². The first-order valence-corrected chi connectivity index (χ1v) is 5.88. The summed E-state index contributed by atoms with van der Waals surface area (Å²) in [6.45, 7) is 2.69. The van der Waals surface area contributed by atoms with Gasteiger partial charge < -0.3 is 15.8 Å². The Labute approximate surface area is 90.5 Å². The predicted octanol–water partition coefficient (Wildman–Crippen LogP) is 0.266. The molecule has 0 bridgehead atoms. The third kappa shape index (κ3) is 2.69. The summed E-state index contributed by atoms with van der Waals surface area (Å²) in [6, 6.07) is -0.120. The lowest BCUT2D eigenvalue weighted by Gasteiger charge is -2.35. The number of hydrogen-bond acceptors (Lipinski definition) is 3. The summed E-state index contributed by atoms with van der Waals surface area (Å²) in [4.78, 5) is 11.1. The Morgan fingerprint density at radius 2 is 2.20 bits per heavy atom. The summed E-state index contributed by atoms with van der Waals surface area (Å²) >= 11 is 0. The average molecular weight is 212 g/mol. The molecular weight excluding hydrogens is 192 g/mol. The molecule has 3 unspecified atom stereocenters. The number of piperidine rings is 1. The minimum absolute atomic E-state index is 0.120. The SMILES string of the molecule is NC(=O)C1CC(C2CCCOC2)CCN1. The molecule has 2 heterocycles. The monoisotopic (exact) mass is 212 g/mol. The number of primary amides is 1. The van der Waals surface area contributed by atoms with Gasteiger partial charge in [-0.05, 0) is 44.1 Å². The van der Waals surface area contributed by atoms with E-state index in [0.29, 0.717) is 11.8 Å². The van der Waals surface area contributed by atoms with Gasteiger partial charge in [0.25, 0.3) is 0 Å². The fourth-order valence-electron chi connectivity index (χ4n) is 2.73. The lowest BCUT2D eigenvalue weighted by molar-refractivity contribution is -0.121. The Hall–Kier alpha value is -0.610. The Bertz CT molecular complexity index is 227. The third-order valence-electron chi connectivity index (χ3n) is 3.65. The van der Waals surface area contributed by atoms with Gasteiger partial charge in [0.05, 0.1) is 6.04 Å². The molecule has 3 N–H and O–H groups in total. The second-order valence-corrected chi connectivity index (χ2v) is 4.67. The van der Waals surface area contributed by atoms with E-state index in [2.05, 4.69) is 5.32 Å². The maximum atomic E-state index is 11.1. The zero-order valence-electron chi connectivity index (χ0n) is 9.08. The maximum Gasteiger partial charge on any atom is 0.234 e. The number of nitrogens with two attached hydrogens (primary N) is 1. The van der Waals surface area contributed by atoms with E-state index in [-0.39, 0.29) is 11.9 Å². The first-order valence-electron chi connectivity index (χ1n) is 5.88. The van der Waals surface area contributed by atoms with Gasteiger partial charge in [0.2, 0.25) is 5.91 Å². The molecule has 4 heteroatoms. The van der Waals surface area contributed by atoms with Crippen LogP contribution >= 0.6 is 0 Å². The largest absolute Gasteiger partial charge is 0.381 e. The first kappa shape index (κ1) is 10.9. The van der Waals surface area contributed by atoms with Crippen LogP contribution in [-0.2, 0) is 9.53 Å². The van der Waals surface area contributed by atoms with Crippen molar-refractivity contribution in [2.75, 3.05) is 19.8 Å². The fourth-order valence-corrected chi connectivity index (χ4v) is 2.73. The highest BCUT2D eigenvalue weighted by Crippen LogP contribution is 2.30. The topological polar surface area (TPSA) is 64.4 Å². The summed E-state index contributed by atoms with van der Waals surface area (Å²) in [5.41, 5.74) is 5.33. The van der Waals surface area contributed by atoms with Gasteiger partial charge in [-0.1, -0.05) is 0 Å². The summed E-state index contributed by atoms with van der Waals surface area (Å²) in [5, 5.41) is 3.17. The average Bonchev–Trinajstić information content (AvgIpc) is 2.30. The van der Waals surface area contributed by atoms with Crippen molar-refractivity contribution >= 4 is 5.91 Å². The smallest absolute Gasteiger partial charge is 0.234 e. The van der Waals surface area contributed by atoms with Crippen molar-refractivity contribution in [3.63, 3.8) is 0 Å². The molecular formula is C11H20N2O2. The number of ether oxygens (including phenoxy) is 1. The second-order valence-electron chi connectivity index (χ2n) is 4.67. The molecule has 0 saturated carbocycles. The van der Waals surface area contributed by atoms with Crippen LogP contribution in [-0.4, -0.2) is 31.7 Å². The van der Waals surface area contributed by atoms with E-state index in [1.54, 1.807) is 0 Å². The molecule has 2 saturated heterocycles. The van der Waals surface area contributed by atoms with Crippen LogP contribution in [0.5, 0.6) is 0 Å². The number of carbonyl (C=O) groups is 1. The lowest BCUT2D eigenvalue weighted by Crippen LogP contribution is -2.48. The van der Waals surface area contributed by atoms with E-state index in [9.17, 15) is 4.79 Å². The molecule has 15 heavy (non-hydrogen) atoms. The van der Waals surface area contributed by atoms with E-state index >= 15 is 0 Å². The van der Waals surface area contributed by atoms with E-state index in [1.807, 2.05) is 0 Å². The summed E-state index contributed by atoms with van der Waals surface area (Å²) in [6.07, 6.45) is 4.45. The van der Waals surface area contributed by atoms with Crippen LogP contribution in [0.4, 0.5) is 0 Å². The molecule has 0 aromatic carbocycles. The molecule has 3 atom stereocenters. The Balaban J connectivity index is 1.88. The predicted molar refractivity (Wildman–Crippen MR) is 57.3 cm³/mol. The highest BCUT2D eigenvalue weighted by molar-refractivity contribution is 5.79. The van der Waals surface area contributed by atoms with Gasteiger partial charge in [-0.3, -0.25) is 4.79 Å². The third-order valence-corrected chi connectivity index (χ3v) is 3.65. The van der Waals surface area contributed by atoms with Crippen molar-refractivity contribution in [1.29, 1.82) is 0 Å². The quantitative estimate of drug-likeness (QED) is 0.690. The molecule has 2 aliphatic rings. The van der Waals surface area contributed by atoms with Crippen LogP contribution in [0, 0.1) is 11.8 Å². The summed E-state index contributed by atoms with van der Waals surface area (Å²) < 4.78 is 5.49. The molecule has 0 spiro atoms. The molecule has 0 aliphatic carbocycles. The Morgan fingerprint density at radius 1 is 1.33 bits per heavy atom. The van der Waals surface area contributed by atoms with Crippen LogP contribution in [0.15, 0.2) is 0 Å². The first-order chi connectivity index (χ1) is 7.27. The van der Waals surface area contributed by atoms with Crippen molar-refractivity contribution in [1.82, 2.24) is 5.32 Å². The van der Waals surface area contributed by atoms with Gasteiger partial charge in [-0.2, -0.15) is 0 Å². The van der Waals surface area contributed by atoms with Gasteiger partial charge in [-0.25, -0.2) is 0 Å². The maximum absolute atomic E-state index is 11.1. The molecule has 2 aliphatic heterocycles. The number of rotatable bonds is 2. The lowest BCUT2D eigenvalue weighted by atomic mass is 9.79. The van der Waals surface area contributed by atoms with Crippen molar-refractivity contribution in [3.05, 3.63) is 0 Å². The minimum atomic E-state index is -0.212. The summed E-state index contributed by atoms with van der Waals surface area (Å²) in [7, 11) is 0. The molecule has 4 nitrogen and oxygen atoms in total. The van der Waals surface area contributed by atoms with Crippen LogP contribution in [0.25, 0.3) is 0 Å². The number of carbonyl (C=O) groups excluding carboxylic acids is 1. The van der Waals surface area contributed by atoms with Crippen LogP contribution in [0.2, 0.25) is 0 Å². The van der Waals surface area contributed by atoms with Gasteiger partial charge >= 0.3 is 0 Å². The van der Waals surface area contributed by atoms with E-state index in [0.717, 1.165) is 39.0 Å². The molecule has 0 aromatic rings. The zero-order chi connectivity index (χ0) is 10.7. The number of hydrogen-bond donors (Lipinski definition) is 2. The van der Waals surface area contributed by atoms with Gasteiger partial charge in [0.1, 0.15) is 0 Å². The van der Waals surface area contributed by atoms with Crippen molar-refractivity contribution in [3.8, 4) is 0 Å². The Kier molecular flexibility index (Phi) is 3.59. The fraction of sp³-hybridized carbons (Fsp3) is 0.909. The van der Waals surface area contributed by atoms with Gasteiger partial charge in [0.15, 0.2) is 0 Å². The van der Waals surface area contributed by atoms with Gasteiger partial charge in [-0.15, -0.1) is 0 Å². The normalized spacial score (nSPS) is 37.5. The standard InChI is InChI=1S/C11H20N2O2/c12-11(14)10-6-8(3-4-13-10)9-2-1-5-15-7-9/h8-10,13H,1-7H2,(H2,12,14). The Morgan fingerprint density at radius 3 is 2.87 bits per heavy atom. The van der Waals surface area contributed by atoms with Gasteiger partial charge in [0, 0.05) is 13.2 Å². The molecule has 86 valence electrons. The molecule has 1 amide bonds. The van der Waals surface area contributed by atoms with E-state index in [4.69, 9.17) is 10.5 Å². The van der Waals surface area contributed by atoms with Crippen molar-refractivity contribution in [2.24, 2.45) is 17.6 Å². The van der Waals surface area contributed by atoms with Crippen LogP contribution in [0.1, 0.15) is 25.7 Å². The minimum Gasteiger partial charge on any atom is -0.381 e.